The van der Waals surface area contributed by atoms with Gasteiger partial charge in [0.1, 0.15) is 12.1 Å². The lowest BCUT2D eigenvalue weighted by atomic mass is 9.84. The number of methoxy groups -OCH3 is 1. The van der Waals surface area contributed by atoms with E-state index < -0.39 is 29.9 Å². The topological polar surface area (TPSA) is 94.2 Å². The number of ether oxygens (including phenoxy) is 3. The normalized spacial score (nSPS) is 34.7. The molecule has 8 nitrogen and oxygen atoms in total. The number of rotatable bonds is 4. The fourth-order valence-electron chi connectivity index (χ4n) is 4.00. The minimum Gasteiger partial charge on any atom is -0.467 e. The van der Waals surface area contributed by atoms with E-state index in [1.807, 2.05) is 30.3 Å². The summed E-state index contributed by atoms with van der Waals surface area (Å²) in [5.74, 6) is -2.39. The van der Waals surface area contributed by atoms with Gasteiger partial charge in [-0.05, 0) is 12.5 Å². The molecule has 0 saturated carbocycles. The maximum atomic E-state index is 12.7. The molecule has 0 spiro atoms. The smallest absolute Gasteiger partial charge is 0.334 e. The molecule has 8 heteroatoms. The van der Waals surface area contributed by atoms with E-state index in [0.717, 1.165) is 5.56 Å². The third kappa shape index (κ3) is 2.48. The highest BCUT2D eigenvalue weighted by atomic mass is 16.8. The van der Waals surface area contributed by atoms with Gasteiger partial charge >= 0.3 is 5.97 Å². The Labute approximate surface area is 150 Å². The summed E-state index contributed by atoms with van der Waals surface area (Å²) in [6, 6.07) is 7.13. The molecule has 3 aliphatic rings. The second-order valence-corrected chi connectivity index (χ2v) is 6.85. The number of carbonyl (C=O) groups excluding carboxylic acids is 3. The summed E-state index contributed by atoms with van der Waals surface area (Å²) in [6.45, 7) is 1.88. The first kappa shape index (κ1) is 17.0. The molecule has 2 bridgehead atoms. The Kier molecular flexibility index (Phi) is 3.96. The van der Waals surface area contributed by atoms with Crippen molar-refractivity contribution in [2.75, 3.05) is 13.7 Å². The average molecular weight is 360 g/mol. The zero-order valence-electron chi connectivity index (χ0n) is 14.5. The van der Waals surface area contributed by atoms with Crippen LogP contribution in [0.3, 0.4) is 0 Å². The molecule has 3 saturated heterocycles. The zero-order chi connectivity index (χ0) is 18.5. The van der Waals surface area contributed by atoms with Crippen molar-refractivity contribution in [3.63, 3.8) is 0 Å². The van der Waals surface area contributed by atoms with E-state index >= 15 is 0 Å². The van der Waals surface area contributed by atoms with Gasteiger partial charge in [0.05, 0.1) is 26.2 Å². The summed E-state index contributed by atoms with van der Waals surface area (Å²) >= 11 is 0. The summed E-state index contributed by atoms with van der Waals surface area (Å²) < 4.78 is 16.3. The van der Waals surface area contributed by atoms with Crippen LogP contribution in [0.4, 0.5) is 0 Å². The molecule has 1 N–H and O–H groups in total. The van der Waals surface area contributed by atoms with E-state index in [2.05, 4.69) is 5.32 Å². The molecule has 0 aliphatic carbocycles. The van der Waals surface area contributed by atoms with E-state index in [-0.39, 0.29) is 30.9 Å². The summed E-state index contributed by atoms with van der Waals surface area (Å²) in [4.78, 5) is 38.6. The maximum Gasteiger partial charge on any atom is 0.334 e. The van der Waals surface area contributed by atoms with E-state index in [9.17, 15) is 14.4 Å². The van der Waals surface area contributed by atoms with Crippen LogP contribution in [-0.2, 0) is 35.0 Å². The third-order valence-electron chi connectivity index (χ3n) is 5.21. The lowest BCUT2D eigenvalue weighted by Gasteiger charge is -2.56. The Morgan fingerprint density at radius 2 is 2.08 bits per heavy atom. The molecule has 138 valence electrons. The molecular formula is C18H20N2O6. The van der Waals surface area contributed by atoms with Crippen molar-refractivity contribution < 1.29 is 28.6 Å². The number of esters is 1. The van der Waals surface area contributed by atoms with E-state index in [1.165, 1.54) is 12.0 Å². The van der Waals surface area contributed by atoms with Gasteiger partial charge in [0.25, 0.3) is 0 Å². The van der Waals surface area contributed by atoms with Crippen LogP contribution in [0.25, 0.3) is 0 Å². The van der Waals surface area contributed by atoms with Gasteiger partial charge in [-0.1, -0.05) is 30.3 Å². The summed E-state index contributed by atoms with van der Waals surface area (Å²) in [5.41, 5.74) is 0.859. The fourth-order valence-corrected chi connectivity index (χ4v) is 4.00. The molecule has 3 fully saturated rings. The monoisotopic (exact) mass is 360 g/mol. The zero-order valence-corrected chi connectivity index (χ0v) is 14.5. The van der Waals surface area contributed by atoms with Gasteiger partial charge in [-0.15, -0.1) is 0 Å². The quantitative estimate of drug-likeness (QED) is 0.581. The molecule has 3 aliphatic heterocycles. The van der Waals surface area contributed by atoms with E-state index in [4.69, 9.17) is 14.2 Å². The van der Waals surface area contributed by atoms with Crippen LogP contribution in [0.15, 0.2) is 30.3 Å². The number of nitrogens with one attached hydrogen (secondary N) is 1. The van der Waals surface area contributed by atoms with Gasteiger partial charge in [-0.3, -0.25) is 9.59 Å². The molecule has 5 atom stereocenters. The Morgan fingerprint density at radius 1 is 1.35 bits per heavy atom. The molecule has 0 aromatic heterocycles. The van der Waals surface area contributed by atoms with Crippen LogP contribution in [0.5, 0.6) is 0 Å². The SMILES string of the molecule is COC(=O)[C@@H]1N2C(=O)[C@@H](NC(=O)Cc3ccccc3)[C@H]2[C@@H]2CO[C@@]1(C)O2. The molecule has 1 aromatic carbocycles. The highest BCUT2D eigenvalue weighted by Gasteiger charge is 2.68. The Morgan fingerprint density at radius 3 is 2.77 bits per heavy atom. The molecule has 1 aromatic rings. The molecule has 0 unspecified atom stereocenters. The summed E-state index contributed by atoms with van der Waals surface area (Å²) in [6.07, 6.45) is -0.210. The van der Waals surface area contributed by atoms with Crippen LogP contribution >= 0.6 is 0 Å². The van der Waals surface area contributed by atoms with Gasteiger partial charge < -0.3 is 24.4 Å². The van der Waals surface area contributed by atoms with Gasteiger partial charge in [0.2, 0.25) is 11.8 Å². The van der Waals surface area contributed by atoms with Gasteiger partial charge in [-0.2, -0.15) is 0 Å². The average Bonchev–Trinajstić information content (AvgIpc) is 2.98. The largest absolute Gasteiger partial charge is 0.467 e. The predicted octanol–water partition coefficient (Wildman–Crippen LogP) is -0.388. The van der Waals surface area contributed by atoms with E-state index in [0.29, 0.717) is 0 Å². The van der Waals surface area contributed by atoms with E-state index in [1.54, 1.807) is 6.92 Å². The Balaban J connectivity index is 1.50. The predicted molar refractivity (Wildman–Crippen MR) is 87.7 cm³/mol. The number of carbonyl (C=O) groups is 3. The van der Waals surface area contributed by atoms with Crippen LogP contribution in [0.2, 0.25) is 0 Å². The molecule has 0 radical (unpaired) electrons. The van der Waals surface area contributed by atoms with Crippen molar-refractivity contribution >= 4 is 17.8 Å². The number of benzene rings is 1. The van der Waals surface area contributed by atoms with Gasteiger partial charge in [-0.25, -0.2) is 4.79 Å². The van der Waals surface area contributed by atoms with Crippen LogP contribution in [-0.4, -0.2) is 66.4 Å². The van der Waals surface area contributed by atoms with Gasteiger partial charge in [0, 0.05) is 0 Å². The highest BCUT2D eigenvalue weighted by Crippen LogP contribution is 2.44. The standard InChI is InChI=1S/C18H20N2O6/c1-18-15(17(23)24-2)20-14(11(26-18)9-25-18)13(16(20)22)19-12(21)8-10-6-4-3-5-7-10/h3-7,11,13-15H,8-9H2,1-2H3,(H,19,21)/t11-,13-,14+,15-,18-/m0/s1. The summed E-state index contributed by atoms with van der Waals surface area (Å²) in [5, 5.41) is 2.77. The van der Waals surface area contributed by atoms with Crippen molar-refractivity contribution in [3.8, 4) is 0 Å². The van der Waals surface area contributed by atoms with Crippen LogP contribution in [0.1, 0.15) is 12.5 Å². The van der Waals surface area contributed by atoms with Crippen LogP contribution < -0.4 is 5.32 Å². The number of hydrogen-bond acceptors (Lipinski definition) is 6. The second kappa shape index (κ2) is 6.07. The third-order valence-corrected chi connectivity index (χ3v) is 5.21. The molecular weight excluding hydrogens is 340 g/mol. The number of nitrogens with zero attached hydrogens (tertiary/aromatic N) is 1. The van der Waals surface area contributed by atoms with Gasteiger partial charge in [0.15, 0.2) is 11.8 Å². The van der Waals surface area contributed by atoms with Crippen LogP contribution in [0, 0.1) is 0 Å². The molecule has 3 heterocycles. The Hall–Kier alpha value is -2.45. The molecule has 2 amide bonds. The maximum absolute atomic E-state index is 12.7. The van der Waals surface area contributed by atoms with Crippen molar-refractivity contribution in [2.24, 2.45) is 0 Å². The second-order valence-electron chi connectivity index (χ2n) is 6.85. The molecule has 4 rings (SSSR count). The van der Waals surface area contributed by atoms with Crippen molar-refractivity contribution in [3.05, 3.63) is 35.9 Å². The number of morpholine rings is 1. The number of fused-ring (bicyclic) bond motifs is 4. The number of hydrogen-bond donors (Lipinski definition) is 1. The summed E-state index contributed by atoms with van der Waals surface area (Å²) in [7, 11) is 1.26. The first-order valence-corrected chi connectivity index (χ1v) is 8.49. The lowest BCUT2D eigenvalue weighted by molar-refractivity contribution is -0.257. The Bertz CT molecular complexity index is 753. The molecule has 26 heavy (non-hydrogen) atoms. The minimum atomic E-state index is -1.22. The van der Waals surface area contributed by atoms with Crippen molar-refractivity contribution in [1.29, 1.82) is 0 Å². The first-order valence-electron chi connectivity index (χ1n) is 8.49. The minimum absolute atomic E-state index is 0.178. The van der Waals surface area contributed by atoms with Crippen molar-refractivity contribution in [2.45, 2.75) is 43.4 Å². The number of β-lactam (4-membered cyclic amide) rings is 1. The number of amides is 2. The fraction of sp³-hybridized carbons (Fsp3) is 0.500. The van der Waals surface area contributed by atoms with Crippen molar-refractivity contribution in [1.82, 2.24) is 10.2 Å². The first-order chi connectivity index (χ1) is 12.4. The lowest BCUT2D eigenvalue weighted by Crippen LogP contribution is -2.82. The highest BCUT2D eigenvalue weighted by molar-refractivity contribution is 5.97.